The van der Waals surface area contributed by atoms with E-state index in [0.29, 0.717) is 21.8 Å². The summed E-state index contributed by atoms with van der Waals surface area (Å²) in [4.78, 5) is 6.45. The third-order valence-electron chi connectivity index (χ3n) is 3.23. The maximum absolute atomic E-state index is 13.2. The van der Waals surface area contributed by atoms with Gasteiger partial charge in [0.05, 0.1) is 11.0 Å². The number of thioether (sulfide) groups is 1. The van der Waals surface area contributed by atoms with Gasteiger partial charge in [0.25, 0.3) is 0 Å². The van der Waals surface area contributed by atoms with Crippen LogP contribution in [0.2, 0.25) is 0 Å². The van der Waals surface area contributed by atoms with Gasteiger partial charge in [-0.1, -0.05) is 12.1 Å². The van der Waals surface area contributed by atoms with Crippen LogP contribution in [0.5, 0.6) is 0 Å². The van der Waals surface area contributed by atoms with Gasteiger partial charge in [-0.25, -0.2) is 4.98 Å². The quantitative estimate of drug-likeness (QED) is 0.683. The average molecular weight is 341 g/mol. The summed E-state index contributed by atoms with van der Waals surface area (Å²) in [5.41, 5.74) is 0.967. The topological polar surface area (TPSA) is 46.3 Å². The molecule has 122 valence electrons. The van der Waals surface area contributed by atoms with Crippen molar-refractivity contribution in [3.05, 3.63) is 30.1 Å². The zero-order chi connectivity index (χ0) is 16.6. The van der Waals surface area contributed by atoms with Crippen LogP contribution >= 0.6 is 11.8 Å². The Kier molecular flexibility index (Phi) is 4.15. The minimum absolute atomic E-state index is 0.139. The Hall–Kier alpha value is -1.87. The lowest BCUT2D eigenvalue weighted by Crippen LogP contribution is -2.15. The maximum Gasteiger partial charge on any atom is 0.452 e. The van der Waals surface area contributed by atoms with E-state index in [1.807, 2.05) is 19.0 Å². The van der Waals surface area contributed by atoms with Crippen molar-refractivity contribution >= 4 is 28.4 Å². The summed E-state index contributed by atoms with van der Waals surface area (Å²) in [6.45, 7) is 0.783. The van der Waals surface area contributed by atoms with Crippen LogP contribution in [0.1, 0.15) is 5.82 Å². The van der Waals surface area contributed by atoms with Gasteiger partial charge in [0.1, 0.15) is 5.03 Å². The summed E-state index contributed by atoms with van der Waals surface area (Å²) in [5.74, 6) is -0.331. The lowest BCUT2D eigenvalue weighted by molar-refractivity contribution is -0.145. The van der Waals surface area contributed by atoms with Crippen LogP contribution in [0.15, 0.2) is 29.3 Å². The molecule has 3 aromatic rings. The van der Waals surface area contributed by atoms with E-state index in [1.165, 1.54) is 11.8 Å². The molecule has 0 aliphatic carbocycles. The van der Waals surface area contributed by atoms with Crippen molar-refractivity contribution in [3.63, 3.8) is 0 Å². The Balaban J connectivity index is 2.18. The molecule has 0 fully saturated rings. The fraction of sp³-hybridized carbons (Fsp3) is 0.357. The molecule has 0 saturated heterocycles. The fourth-order valence-electron chi connectivity index (χ4n) is 2.16. The third kappa shape index (κ3) is 3.11. The summed E-state index contributed by atoms with van der Waals surface area (Å²) < 4.78 is 40.7. The van der Waals surface area contributed by atoms with Gasteiger partial charge in [-0.05, 0) is 26.2 Å². The van der Waals surface area contributed by atoms with Gasteiger partial charge < -0.3 is 4.90 Å². The molecule has 0 aliphatic heterocycles. The van der Waals surface area contributed by atoms with Gasteiger partial charge in [0.2, 0.25) is 5.82 Å². The van der Waals surface area contributed by atoms with Crippen LogP contribution in [-0.4, -0.2) is 50.9 Å². The lowest BCUT2D eigenvalue weighted by Gasteiger charge is -2.11. The highest BCUT2D eigenvalue weighted by atomic mass is 32.2. The van der Waals surface area contributed by atoms with Gasteiger partial charge in [-0.3, -0.25) is 4.40 Å². The smallest absolute Gasteiger partial charge is 0.309 e. The van der Waals surface area contributed by atoms with Crippen molar-refractivity contribution in [1.82, 2.24) is 24.5 Å². The van der Waals surface area contributed by atoms with Crippen molar-refractivity contribution in [2.45, 2.75) is 11.2 Å². The molecule has 0 bridgehead atoms. The van der Waals surface area contributed by atoms with E-state index in [4.69, 9.17) is 0 Å². The molecule has 2 heterocycles. The Morgan fingerprint density at radius 2 is 1.91 bits per heavy atom. The summed E-state index contributed by atoms with van der Waals surface area (Å²) in [6.07, 6.45) is -4.57. The largest absolute Gasteiger partial charge is 0.452 e. The third-order valence-corrected chi connectivity index (χ3v) is 4.16. The number of benzene rings is 1. The van der Waals surface area contributed by atoms with Crippen molar-refractivity contribution in [2.75, 3.05) is 26.4 Å². The van der Waals surface area contributed by atoms with Crippen molar-refractivity contribution < 1.29 is 13.2 Å². The zero-order valence-corrected chi connectivity index (χ0v) is 13.3. The first-order chi connectivity index (χ1) is 10.9. The minimum atomic E-state index is -4.57. The monoisotopic (exact) mass is 341 g/mol. The SMILES string of the molecule is CN(C)CCSc1nc2ccccc2n2c(C(F)(F)F)nnc12. The van der Waals surface area contributed by atoms with E-state index in [9.17, 15) is 13.2 Å². The molecular formula is C14H14F3N5S. The van der Waals surface area contributed by atoms with Gasteiger partial charge >= 0.3 is 6.18 Å². The highest BCUT2D eigenvalue weighted by molar-refractivity contribution is 7.99. The first-order valence-electron chi connectivity index (χ1n) is 6.86. The van der Waals surface area contributed by atoms with Crippen molar-refractivity contribution in [2.24, 2.45) is 0 Å². The lowest BCUT2D eigenvalue weighted by atomic mass is 10.3. The second-order valence-corrected chi connectivity index (χ2v) is 6.32. The van der Waals surface area contributed by atoms with Crippen LogP contribution in [-0.2, 0) is 6.18 Å². The number of fused-ring (bicyclic) bond motifs is 3. The van der Waals surface area contributed by atoms with Crippen LogP contribution < -0.4 is 0 Å². The van der Waals surface area contributed by atoms with E-state index in [1.54, 1.807) is 24.3 Å². The predicted molar refractivity (Wildman–Crippen MR) is 82.6 cm³/mol. The van der Waals surface area contributed by atoms with Crippen LogP contribution in [0.3, 0.4) is 0 Å². The summed E-state index contributed by atoms with van der Waals surface area (Å²) >= 11 is 1.37. The number of rotatable bonds is 4. The molecule has 5 nitrogen and oxygen atoms in total. The van der Waals surface area contributed by atoms with Crippen LogP contribution in [0.25, 0.3) is 16.7 Å². The Morgan fingerprint density at radius 3 is 2.61 bits per heavy atom. The molecule has 0 spiro atoms. The molecule has 0 amide bonds. The molecule has 9 heteroatoms. The molecule has 2 aromatic heterocycles. The van der Waals surface area contributed by atoms with E-state index < -0.39 is 12.0 Å². The van der Waals surface area contributed by atoms with E-state index >= 15 is 0 Å². The summed E-state index contributed by atoms with van der Waals surface area (Å²) in [5, 5.41) is 7.53. The molecule has 0 radical (unpaired) electrons. The first kappa shape index (κ1) is 16.0. The molecule has 0 N–H and O–H groups in total. The van der Waals surface area contributed by atoms with Gasteiger partial charge in [-0.15, -0.1) is 22.0 Å². The maximum atomic E-state index is 13.2. The van der Waals surface area contributed by atoms with Crippen molar-refractivity contribution in [1.29, 1.82) is 0 Å². The molecule has 0 unspecified atom stereocenters. The van der Waals surface area contributed by atoms with Crippen LogP contribution in [0.4, 0.5) is 13.2 Å². The standard InChI is InChI=1S/C14H14F3N5S/c1-21(2)7-8-23-12-11-19-20-13(14(15,16)17)22(11)10-6-4-3-5-9(10)18-12/h3-6H,7-8H2,1-2H3. The average Bonchev–Trinajstić information content (AvgIpc) is 2.92. The Labute approximate surface area is 134 Å². The second kappa shape index (κ2) is 5.97. The Morgan fingerprint density at radius 1 is 1.17 bits per heavy atom. The van der Waals surface area contributed by atoms with E-state index in [-0.39, 0.29) is 5.65 Å². The molecule has 1 aromatic carbocycles. The number of nitrogens with zero attached hydrogens (tertiary/aromatic N) is 5. The van der Waals surface area contributed by atoms with Crippen molar-refractivity contribution in [3.8, 4) is 0 Å². The molecule has 23 heavy (non-hydrogen) atoms. The molecular weight excluding hydrogens is 327 g/mol. The number of aromatic nitrogens is 4. The minimum Gasteiger partial charge on any atom is -0.309 e. The van der Waals surface area contributed by atoms with E-state index in [0.717, 1.165) is 10.9 Å². The normalized spacial score (nSPS) is 12.6. The fourth-order valence-corrected chi connectivity index (χ4v) is 3.24. The highest BCUT2D eigenvalue weighted by Crippen LogP contribution is 2.32. The van der Waals surface area contributed by atoms with Gasteiger partial charge in [-0.2, -0.15) is 13.2 Å². The highest BCUT2D eigenvalue weighted by Gasteiger charge is 2.38. The number of hydrogen-bond acceptors (Lipinski definition) is 5. The van der Waals surface area contributed by atoms with Gasteiger partial charge in [0.15, 0.2) is 5.65 Å². The predicted octanol–water partition coefficient (Wildman–Crippen LogP) is 2.95. The van der Waals surface area contributed by atoms with Gasteiger partial charge in [0, 0.05) is 12.3 Å². The van der Waals surface area contributed by atoms with Crippen LogP contribution in [0, 0.1) is 0 Å². The molecule has 3 rings (SSSR count). The summed E-state index contributed by atoms with van der Waals surface area (Å²) in [7, 11) is 3.87. The summed E-state index contributed by atoms with van der Waals surface area (Å²) in [6, 6.07) is 6.68. The second-order valence-electron chi connectivity index (χ2n) is 5.24. The molecule has 0 atom stereocenters. The number of halogens is 3. The first-order valence-corrected chi connectivity index (χ1v) is 7.85. The Bertz CT molecular complexity index is 843. The zero-order valence-electron chi connectivity index (χ0n) is 12.5. The number of hydrogen-bond donors (Lipinski definition) is 0. The van der Waals surface area contributed by atoms with E-state index in [2.05, 4.69) is 15.2 Å². The molecule has 0 saturated carbocycles. The number of alkyl halides is 3. The molecule has 0 aliphatic rings. The number of para-hydroxylation sites is 2.